The topological polar surface area (TPSA) is 68.4 Å². The van der Waals surface area contributed by atoms with E-state index in [1.165, 1.54) is 26.1 Å². The molecule has 0 radical (unpaired) electrons. The highest BCUT2D eigenvalue weighted by Crippen LogP contribution is 2.16. The number of fused-ring (bicyclic) bond motifs is 1. The van der Waals surface area contributed by atoms with Crippen LogP contribution in [-0.2, 0) is 4.74 Å². The fraction of sp³-hybridized carbons (Fsp3) is 0.412. The summed E-state index contributed by atoms with van der Waals surface area (Å²) < 4.78 is 9.88. The number of rotatable bonds is 4. The number of hydrogen-bond acceptors (Lipinski definition) is 4. The summed E-state index contributed by atoms with van der Waals surface area (Å²) in [6.07, 6.45) is 4.01. The third-order valence-corrected chi connectivity index (χ3v) is 3.08. The van der Waals surface area contributed by atoms with E-state index in [0.717, 1.165) is 0 Å². The Balaban J connectivity index is 0.000000541. The molecule has 22 heavy (non-hydrogen) atoms. The van der Waals surface area contributed by atoms with Crippen LogP contribution in [0.4, 0.5) is 0 Å². The number of H-pyrrole nitrogens is 1. The molecule has 1 N–H and O–H groups in total. The van der Waals surface area contributed by atoms with Gasteiger partial charge in [-0.25, -0.2) is 4.79 Å². The van der Waals surface area contributed by atoms with Crippen LogP contribution in [-0.4, -0.2) is 24.7 Å². The quantitative estimate of drug-likeness (QED) is 0.878. The summed E-state index contributed by atoms with van der Waals surface area (Å²) in [6.45, 7) is 6.28. The number of methoxy groups -OCH3 is 1. The lowest BCUT2D eigenvalue weighted by Crippen LogP contribution is -2.18. The Morgan fingerprint density at radius 2 is 1.86 bits per heavy atom. The largest absolute Gasteiger partial charge is 0.497 e. The second-order valence-electron chi connectivity index (χ2n) is 4.66. The first-order valence-corrected chi connectivity index (χ1v) is 7.45. The molecule has 0 unspecified atom stereocenters. The van der Waals surface area contributed by atoms with Gasteiger partial charge in [-0.15, -0.1) is 0 Å². The molecule has 120 valence electrons. The Morgan fingerprint density at radius 3 is 2.41 bits per heavy atom. The van der Waals surface area contributed by atoms with Crippen molar-refractivity contribution >= 4 is 16.9 Å². The van der Waals surface area contributed by atoms with Crippen molar-refractivity contribution in [3.05, 3.63) is 40.2 Å². The second-order valence-corrected chi connectivity index (χ2v) is 4.66. The average molecular weight is 305 g/mol. The number of esters is 1. The zero-order valence-corrected chi connectivity index (χ0v) is 13.6. The van der Waals surface area contributed by atoms with Gasteiger partial charge in [0.2, 0.25) is 5.43 Å². The lowest BCUT2D eigenvalue weighted by Gasteiger charge is -2.05. The summed E-state index contributed by atoms with van der Waals surface area (Å²) >= 11 is 0. The molecule has 0 bridgehead atoms. The molecule has 1 aromatic carbocycles. The Hall–Kier alpha value is -2.30. The van der Waals surface area contributed by atoms with Gasteiger partial charge in [0.25, 0.3) is 0 Å². The van der Waals surface area contributed by atoms with Crippen molar-refractivity contribution in [1.82, 2.24) is 4.98 Å². The number of aromatic nitrogens is 1. The number of aromatic amines is 1. The van der Waals surface area contributed by atoms with Crippen LogP contribution in [0.5, 0.6) is 5.75 Å². The molecule has 0 amide bonds. The maximum absolute atomic E-state index is 12.1. The SMILES string of the molecule is CCCC.CCOC(=O)c1c[nH]c2ccc(OC)cc2c1=O. The van der Waals surface area contributed by atoms with E-state index >= 15 is 0 Å². The van der Waals surface area contributed by atoms with Crippen LogP contribution in [0.3, 0.4) is 0 Å². The van der Waals surface area contributed by atoms with Crippen molar-refractivity contribution in [1.29, 1.82) is 0 Å². The van der Waals surface area contributed by atoms with Crippen molar-refractivity contribution in [2.75, 3.05) is 13.7 Å². The van der Waals surface area contributed by atoms with E-state index in [0.29, 0.717) is 16.7 Å². The molecular weight excluding hydrogens is 282 g/mol. The minimum absolute atomic E-state index is 0.00222. The molecule has 1 aromatic heterocycles. The molecule has 5 heteroatoms. The van der Waals surface area contributed by atoms with Crippen LogP contribution in [0, 0.1) is 0 Å². The van der Waals surface area contributed by atoms with Crippen molar-refractivity contribution in [2.45, 2.75) is 33.6 Å². The third kappa shape index (κ3) is 4.35. The number of unbranched alkanes of at least 4 members (excludes halogenated alkanes) is 1. The number of benzene rings is 1. The van der Waals surface area contributed by atoms with Gasteiger partial charge in [0, 0.05) is 11.7 Å². The van der Waals surface area contributed by atoms with Crippen LogP contribution in [0.1, 0.15) is 44.0 Å². The fourth-order valence-corrected chi connectivity index (χ4v) is 1.69. The summed E-state index contributed by atoms with van der Waals surface area (Å²) in [6, 6.07) is 5.06. The molecule has 5 nitrogen and oxygen atoms in total. The normalized spacial score (nSPS) is 9.82. The van der Waals surface area contributed by atoms with E-state index < -0.39 is 5.97 Å². The van der Waals surface area contributed by atoms with Crippen molar-refractivity contribution < 1.29 is 14.3 Å². The van der Waals surface area contributed by atoms with Gasteiger partial charge in [-0.05, 0) is 25.1 Å². The summed E-state index contributed by atoms with van der Waals surface area (Å²) in [5, 5.41) is 0.403. The average Bonchev–Trinajstić information content (AvgIpc) is 2.55. The lowest BCUT2D eigenvalue weighted by molar-refractivity contribution is 0.0524. The van der Waals surface area contributed by atoms with E-state index in [4.69, 9.17) is 9.47 Å². The van der Waals surface area contributed by atoms with Gasteiger partial charge in [-0.3, -0.25) is 4.79 Å². The van der Waals surface area contributed by atoms with Crippen LogP contribution in [0.2, 0.25) is 0 Å². The molecule has 0 aliphatic heterocycles. The molecule has 1 heterocycles. The number of nitrogens with one attached hydrogen (secondary N) is 1. The standard InChI is InChI=1S/C13H13NO4.C4H10/c1-3-18-13(16)10-7-14-11-5-4-8(17-2)6-9(11)12(10)15;1-3-4-2/h4-7H,3H2,1-2H3,(H,14,15);3-4H2,1-2H3. The highest BCUT2D eigenvalue weighted by Gasteiger charge is 2.14. The summed E-state index contributed by atoms with van der Waals surface area (Å²) in [4.78, 5) is 26.6. The van der Waals surface area contributed by atoms with E-state index in [1.807, 2.05) is 0 Å². The van der Waals surface area contributed by atoms with Gasteiger partial charge < -0.3 is 14.5 Å². The highest BCUT2D eigenvalue weighted by atomic mass is 16.5. The smallest absolute Gasteiger partial charge is 0.343 e. The van der Waals surface area contributed by atoms with Crippen LogP contribution < -0.4 is 10.2 Å². The molecule has 0 fully saturated rings. The maximum atomic E-state index is 12.1. The van der Waals surface area contributed by atoms with Crippen molar-refractivity contribution in [2.24, 2.45) is 0 Å². The Bertz CT molecular complexity index is 674. The van der Waals surface area contributed by atoms with Gasteiger partial charge in [0.15, 0.2) is 0 Å². The van der Waals surface area contributed by atoms with E-state index in [2.05, 4.69) is 18.8 Å². The van der Waals surface area contributed by atoms with Crippen LogP contribution in [0.15, 0.2) is 29.2 Å². The first-order valence-electron chi connectivity index (χ1n) is 7.45. The summed E-state index contributed by atoms with van der Waals surface area (Å²) in [7, 11) is 1.52. The predicted octanol–water partition coefficient (Wildman–Crippen LogP) is 3.52. The van der Waals surface area contributed by atoms with Gasteiger partial charge in [0.1, 0.15) is 11.3 Å². The van der Waals surface area contributed by atoms with E-state index in [-0.39, 0.29) is 17.6 Å². The van der Waals surface area contributed by atoms with E-state index in [9.17, 15) is 9.59 Å². The van der Waals surface area contributed by atoms with Gasteiger partial charge in [-0.1, -0.05) is 26.7 Å². The molecule has 0 aliphatic carbocycles. The summed E-state index contributed by atoms with van der Waals surface area (Å²) in [5.74, 6) is -0.0579. The molecular formula is C17H23NO4. The number of carbonyl (C=O) groups is 1. The molecule has 2 rings (SSSR count). The highest BCUT2D eigenvalue weighted by molar-refractivity contribution is 5.93. The molecule has 0 saturated carbocycles. The first kappa shape index (κ1) is 17.8. The zero-order valence-electron chi connectivity index (χ0n) is 13.6. The maximum Gasteiger partial charge on any atom is 0.343 e. The predicted molar refractivity (Wildman–Crippen MR) is 87.7 cm³/mol. The minimum Gasteiger partial charge on any atom is -0.497 e. The van der Waals surface area contributed by atoms with Gasteiger partial charge in [-0.2, -0.15) is 0 Å². The zero-order chi connectivity index (χ0) is 16.5. The van der Waals surface area contributed by atoms with E-state index in [1.54, 1.807) is 25.1 Å². The monoisotopic (exact) mass is 305 g/mol. The van der Waals surface area contributed by atoms with Gasteiger partial charge >= 0.3 is 5.97 Å². The Labute approximate surface area is 130 Å². The number of pyridine rings is 1. The van der Waals surface area contributed by atoms with Crippen molar-refractivity contribution in [3.8, 4) is 5.75 Å². The first-order chi connectivity index (χ1) is 10.6. The molecule has 0 aliphatic rings. The fourth-order valence-electron chi connectivity index (χ4n) is 1.69. The molecule has 0 saturated heterocycles. The number of hydrogen-bond donors (Lipinski definition) is 1. The second kappa shape index (κ2) is 8.87. The molecule has 2 aromatic rings. The minimum atomic E-state index is -0.622. The van der Waals surface area contributed by atoms with Crippen molar-refractivity contribution in [3.63, 3.8) is 0 Å². The third-order valence-electron chi connectivity index (χ3n) is 3.08. The Kier molecular flexibility index (Phi) is 7.16. The number of ether oxygens (including phenoxy) is 2. The lowest BCUT2D eigenvalue weighted by atomic mass is 10.1. The molecule has 0 atom stereocenters. The van der Waals surface area contributed by atoms with Crippen LogP contribution in [0.25, 0.3) is 10.9 Å². The van der Waals surface area contributed by atoms with Gasteiger partial charge in [0.05, 0.1) is 19.1 Å². The Morgan fingerprint density at radius 1 is 1.18 bits per heavy atom. The number of carbonyl (C=O) groups excluding carboxylic acids is 1. The van der Waals surface area contributed by atoms with Crippen LogP contribution >= 0.6 is 0 Å². The summed E-state index contributed by atoms with van der Waals surface area (Å²) in [5.41, 5.74) is 0.285. The molecule has 0 spiro atoms.